The third kappa shape index (κ3) is 4.69. The number of sulfonamides is 1. The largest absolute Gasteiger partial charge is 0.277 e. The number of para-hydroxylation sites is 1. The molecule has 0 aliphatic carbocycles. The molecular formula is C25H24N2O2S. The van der Waals surface area contributed by atoms with Crippen LogP contribution >= 0.6 is 0 Å². The first-order valence-electron chi connectivity index (χ1n) is 10.0. The smallest absolute Gasteiger partial charge is 0.261 e. The van der Waals surface area contributed by atoms with Gasteiger partial charge in [0.2, 0.25) is 0 Å². The molecule has 0 saturated carbocycles. The fourth-order valence-corrected chi connectivity index (χ4v) is 4.51. The molecule has 0 bridgehead atoms. The Labute approximate surface area is 177 Å². The summed E-state index contributed by atoms with van der Waals surface area (Å²) in [5.74, 6) is 0. The Morgan fingerprint density at radius 2 is 1.57 bits per heavy atom. The van der Waals surface area contributed by atoms with Gasteiger partial charge >= 0.3 is 0 Å². The van der Waals surface area contributed by atoms with E-state index in [0.717, 1.165) is 35.9 Å². The minimum atomic E-state index is -3.68. The molecule has 1 N–H and O–H groups in total. The molecule has 5 heteroatoms. The van der Waals surface area contributed by atoms with Crippen molar-refractivity contribution in [2.45, 2.75) is 31.1 Å². The molecule has 0 aliphatic rings. The molecule has 0 unspecified atom stereocenters. The molecule has 0 atom stereocenters. The van der Waals surface area contributed by atoms with Gasteiger partial charge in [0, 0.05) is 11.1 Å². The second-order valence-electron chi connectivity index (χ2n) is 7.44. The molecule has 1 aromatic heterocycles. The Morgan fingerprint density at radius 3 is 2.33 bits per heavy atom. The van der Waals surface area contributed by atoms with Crippen LogP contribution in [0.3, 0.4) is 0 Å². The lowest BCUT2D eigenvalue weighted by Gasteiger charge is -2.11. The number of benzene rings is 3. The van der Waals surface area contributed by atoms with Gasteiger partial charge in [-0.15, -0.1) is 0 Å². The van der Waals surface area contributed by atoms with E-state index in [0.29, 0.717) is 11.2 Å². The molecule has 30 heavy (non-hydrogen) atoms. The monoisotopic (exact) mass is 416 g/mol. The van der Waals surface area contributed by atoms with Crippen molar-refractivity contribution in [1.29, 1.82) is 0 Å². The van der Waals surface area contributed by atoms with Crippen LogP contribution in [0.15, 0.2) is 89.8 Å². The molecule has 4 rings (SSSR count). The van der Waals surface area contributed by atoms with Gasteiger partial charge in [-0.25, -0.2) is 8.42 Å². The van der Waals surface area contributed by atoms with E-state index in [9.17, 15) is 8.42 Å². The Kier molecular flexibility index (Phi) is 5.81. The molecule has 0 amide bonds. The Balaban J connectivity index is 1.56. The van der Waals surface area contributed by atoms with Crippen LogP contribution in [0.25, 0.3) is 10.9 Å². The minimum absolute atomic E-state index is 0.240. The van der Waals surface area contributed by atoms with Crippen molar-refractivity contribution in [3.63, 3.8) is 0 Å². The molecule has 4 aromatic rings. The number of anilines is 1. The summed E-state index contributed by atoms with van der Waals surface area (Å²) in [6, 6.07) is 26.8. The lowest BCUT2D eigenvalue weighted by molar-refractivity contribution is 0.601. The van der Waals surface area contributed by atoms with Crippen molar-refractivity contribution in [2.24, 2.45) is 0 Å². The quantitative estimate of drug-likeness (QED) is 0.432. The van der Waals surface area contributed by atoms with E-state index in [2.05, 4.69) is 29.0 Å². The summed E-state index contributed by atoms with van der Waals surface area (Å²) in [6.45, 7) is 1.93. The van der Waals surface area contributed by atoms with Crippen molar-refractivity contribution >= 4 is 26.6 Å². The number of hydrogen-bond acceptors (Lipinski definition) is 3. The number of aromatic nitrogens is 1. The second kappa shape index (κ2) is 8.67. The molecular weight excluding hydrogens is 392 g/mol. The summed E-state index contributed by atoms with van der Waals surface area (Å²) < 4.78 is 28.4. The van der Waals surface area contributed by atoms with Gasteiger partial charge in [0.25, 0.3) is 10.0 Å². The van der Waals surface area contributed by atoms with Crippen molar-refractivity contribution in [2.75, 3.05) is 4.72 Å². The van der Waals surface area contributed by atoms with E-state index in [1.807, 2.05) is 37.3 Å². The highest BCUT2D eigenvalue weighted by atomic mass is 32.2. The van der Waals surface area contributed by atoms with E-state index in [-0.39, 0.29) is 4.90 Å². The third-order valence-corrected chi connectivity index (χ3v) is 6.48. The maximum atomic E-state index is 12.8. The predicted molar refractivity (Wildman–Crippen MR) is 122 cm³/mol. The van der Waals surface area contributed by atoms with Crippen LogP contribution in [-0.4, -0.2) is 13.4 Å². The molecule has 0 radical (unpaired) electrons. The Hall–Kier alpha value is -3.18. The van der Waals surface area contributed by atoms with Crippen molar-refractivity contribution in [3.8, 4) is 0 Å². The molecule has 0 aliphatic heterocycles. The normalized spacial score (nSPS) is 11.5. The molecule has 0 fully saturated rings. The van der Waals surface area contributed by atoms with Crippen LogP contribution in [0.2, 0.25) is 0 Å². The topological polar surface area (TPSA) is 59.1 Å². The number of hydrogen-bond donors (Lipinski definition) is 1. The van der Waals surface area contributed by atoms with E-state index in [1.54, 1.807) is 30.3 Å². The van der Waals surface area contributed by atoms with E-state index in [4.69, 9.17) is 4.98 Å². The van der Waals surface area contributed by atoms with Crippen molar-refractivity contribution in [3.05, 3.63) is 102 Å². The average Bonchev–Trinajstić information content (AvgIpc) is 2.75. The number of pyridine rings is 1. The zero-order valence-corrected chi connectivity index (χ0v) is 17.7. The van der Waals surface area contributed by atoms with Crippen LogP contribution in [0.1, 0.15) is 23.2 Å². The first kappa shape index (κ1) is 20.1. The van der Waals surface area contributed by atoms with Crippen LogP contribution in [0, 0.1) is 6.92 Å². The highest BCUT2D eigenvalue weighted by molar-refractivity contribution is 7.92. The predicted octanol–water partition coefficient (Wildman–Crippen LogP) is 5.52. The van der Waals surface area contributed by atoms with Gasteiger partial charge < -0.3 is 0 Å². The van der Waals surface area contributed by atoms with Gasteiger partial charge in [-0.3, -0.25) is 9.71 Å². The standard InChI is InChI=1S/C25H24N2O2S/c1-19-13-17-23(18-14-19)30(28,29)27-24-12-6-10-21-15-16-22(26-25(21)24)11-5-9-20-7-3-2-4-8-20/h2-4,6-8,10,12-18,27H,5,9,11H2,1H3. The highest BCUT2D eigenvalue weighted by Gasteiger charge is 2.16. The van der Waals surface area contributed by atoms with Crippen LogP contribution < -0.4 is 4.72 Å². The van der Waals surface area contributed by atoms with E-state index >= 15 is 0 Å². The molecule has 0 saturated heterocycles. The van der Waals surface area contributed by atoms with Crippen LogP contribution in [-0.2, 0) is 22.9 Å². The van der Waals surface area contributed by atoms with E-state index < -0.39 is 10.0 Å². The van der Waals surface area contributed by atoms with E-state index in [1.165, 1.54) is 5.56 Å². The average molecular weight is 417 g/mol. The molecule has 0 spiro atoms. The maximum absolute atomic E-state index is 12.8. The SMILES string of the molecule is Cc1ccc(S(=O)(=O)Nc2cccc3ccc(CCCc4ccccc4)nc23)cc1. The summed E-state index contributed by atoms with van der Waals surface area (Å²) in [7, 11) is -3.68. The van der Waals surface area contributed by atoms with Crippen molar-refractivity contribution < 1.29 is 8.42 Å². The maximum Gasteiger partial charge on any atom is 0.261 e. The fraction of sp³-hybridized carbons (Fsp3) is 0.160. The number of nitrogens with zero attached hydrogens (tertiary/aromatic N) is 1. The van der Waals surface area contributed by atoms with Gasteiger partial charge in [-0.2, -0.15) is 0 Å². The number of rotatable bonds is 7. The Bertz CT molecular complexity index is 1250. The van der Waals surface area contributed by atoms with Gasteiger partial charge in [0.1, 0.15) is 0 Å². The summed E-state index contributed by atoms with van der Waals surface area (Å²) >= 11 is 0. The number of fused-ring (bicyclic) bond motifs is 1. The molecule has 3 aromatic carbocycles. The number of nitrogens with one attached hydrogen (secondary N) is 1. The van der Waals surface area contributed by atoms with Crippen molar-refractivity contribution in [1.82, 2.24) is 4.98 Å². The summed E-state index contributed by atoms with van der Waals surface area (Å²) in [5.41, 5.74) is 4.45. The molecule has 152 valence electrons. The van der Waals surface area contributed by atoms with Gasteiger partial charge in [0.05, 0.1) is 16.1 Å². The second-order valence-corrected chi connectivity index (χ2v) is 9.12. The van der Waals surface area contributed by atoms with Crippen LogP contribution in [0.4, 0.5) is 5.69 Å². The van der Waals surface area contributed by atoms with Gasteiger partial charge in [-0.1, -0.05) is 66.2 Å². The third-order valence-electron chi connectivity index (χ3n) is 5.09. The molecule has 1 heterocycles. The minimum Gasteiger partial charge on any atom is -0.277 e. The first-order valence-corrected chi connectivity index (χ1v) is 11.5. The zero-order valence-electron chi connectivity index (χ0n) is 16.9. The van der Waals surface area contributed by atoms with Gasteiger partial charge in [-0.05, 0) is 56.0 Å². The summed E-state index contributed by atoms with van der Waals surface area (Å²) in [4.78, 5) is 5.01. The lowest BCUT2D eigenvalue weighted by atomic mass is 10.1. The van der Waals surface area contributed by atoms with Gasteiger partial charge in [0.15, 0.2) is 0 Å². The number of aryl methyl sites for hydroxylation is 3. The molecule has 4 nitrogen and oxygen atoms in total. The zero-order chi connectivity index (χ0) is 21.0. The first-order chi connectivity index (χ1) is 14.5. The fourth-order valence-electron chi connectivity index (χ4n) is 3.45. The summed E-state index contributed by atoms with van der Waals surface area (Å²) in [5, 5.41) is 0.908. The lowest BCUT2D eigenvalue weighted by Crippen LogP contribution is -2.13. The highest BCUT2D eigenvalue weighted by Crippen LogP contribution is 2.25. The Morgan fingerprint density at radius 1 is 0.800 bits per heavy atom. The van der Waals surface area contributed by atoms with Crippen LogP contribution in [0.5, 0.6) is 0 Å². The summed E-state index contributed by atoms with van der Waals surface area (Å²) in [6.07, 6.45) is 2.81.